The molecule has 0 bridgehead atoms. The van der Waals surface area contributed by atoms with Gasteiger partial charge in [-0.2, -0.15) is 0 Å². The monoisotopic (exact) mass is 1090 g/mol. The van der Waals surface area contributed by atoms with Crippen LogP contribution in [0.15, 0.2) is 70.9 Å². The largest absolute Gasteiger partial charge is 0.410 e. The molecule has 0 aromatic carbocycles. The van der Waals surface area contributed by atoms with Crippen LogP contribution < -0.4 is 0 Å². The molecule has 12 atom stereocenters. The molecule has 2 aliphatic heterocycles. The summed E-state index contributed by atoms with van der Waals surface area (Å²) in [5.41, 5.74) is 5.40. The Hall–Kier alpha value is -1.41. The molecule has 8 fully saturated rings. The van der Waals surface area contributed by atoms with E-state index < -0.39 is 40.0 Å². The molecule has 8 aliphatic rings. The summed E-state index contributed by atoms with van der Waals surface area (Å²) in [5.74, 6) is 3.97. The maximum atomic E-state index is 10.4. The molecule has 6 aliphatic carbocycles. The van der Waals surface area contributed by atoms with Crippen LogP contribution in [-0.4, -0.2) is 86.4 Å². The van der Waals surface area contributed by atoms with E-state index >= 15 is 0 Å². The van der Waals surface area contributed by atoms with Crippen molar-refractivity contribution in [2.75, 3.05) is 13.2 Å². The third-order valence-corrected chi connectivity index (χ3v) is 31.1. The average molecular weight is 1090 g/mol. The molecule has 2 heterocycles. The van der Waals surface area contributed by atoms with E-state index in [9.17, 15) is 15.3 Å². The SMILES string of the molecule is C[C@H](/C=C/CC(C)(C)C)C1CCC2/C(=C/C=C3C[C@@H](O[Si](C)(C)C(C)(C)C)C4(CO4)[C@H](O[Si](C)(C)C(C)(C)C)C3)CCCC21C.C[C@H](/C=C/CC(C)(C)O)C1CCC2/C(=C/C=C3C[C@@H](O)C4(CO4)[C@H](O)C3)CCCC21C. The predicted octanol–water partition coefficient (Wildman–Crippen LogP) is 16.7. The van der Waals surface area contributed by atoms with Crippen LogP contribution >= 0.6 is 0 Å². The van der Waals surface area contributed by atoms with Gasteiger partial charge in [0.05, 0.1) is 43.2 Å². The van der Waals surface area contributed by atoms with Gasteiger partial charge in [0, 0.05) is 0 Å². The standard InChI is InChI=1S/C40H72O3Si2.C27H42O4/c1-29(18-16-24-36(2,3)4)32-22-23-33-31(19-17-25-39(32,33)11)21-20-30-26-34(42-44(12,13)37(5,6)7)40(28-41-40)35(27-30)43-45(14,15)38(8,9)10;1-18(7-5-13-25(2,3)30)21-11-12-22-20(8-6-14-26(21,22)4)10-9-19-15-23(28)27(17-31-27)24(29)16-19/h16,18,20-21,29,32-35H,17,19,22-28H2,1-15H3;5,7,9-10,18,21-24,28-30H,6,8,11-17H2,1-4H3/b18-16+,30-20?,31-21+;7-5+,19-9?,20-10+/t29-,32?,33?,34-,35-,39?,40?;18-,21?,22?,23-,24-,26?,27?/m11/s1. The summed E-state index contributed by atoms with van der Waals surface area (Å²) < 4.78 is 26.3. The number of ether oxygens (including phenoxy) is 2. The third kappa shape index (κ3) is 13.7. The van der Waals surface area contributed by atoms with Crippen LogP contribution in [0.3, 0.4) is 0 Å². The number of epoxide rings is 2. The number of allylic oxidation sites excluding steroid dienone is 9. The van der Waals surface area contributed by atoms with Gasteiger partial charge in [-0.15, -0.1) is 0 Å². The van der Waals surface area contributed by atoms with Crippen molar-refractivity contribution < 1.29 is 33.6 Å². The van der Waals surface area contributed by atoms with Crippen molar-refractivity contribution in [3.63, 3.8) is 0 Å². The molecule has 0 radical (unpaired) electrons. The van der Waals surface area contributed by atoms with Gasteiger partial charge in [-0.3, -0.25) is 0 Å². The molecule has 0 aromatic rings. The summed E-state index contributed by atoms with van der Waals surface area (Å²) in [4.78, 5) is 0. The Labute approximate surface area is 467 Å². The normalized spacial score (nSPS) is 38.2. The minimum Gasteiger partial charge on any atom is -0.410 e. The zero-order valence-electron chi connectivity index (χ0n) is 52.1. The van der Waals surface area contributed by atoms with E-state index in [1.165, 1.54) is 63.4 Å². The molecular formula is C67H114O7Si2. The predicted molar refractivity (Wildman–Crippen MR) is 322 cm³/mol. The minimum absolute atomic E-state index is 0.0692. The first-order valence-corrected chi connectivity index (χ1v) is 36.6. The van der Waals surface area contributed by atoms with Gasteiger partial charge in [-0.25, -0.2) is 0 Å². The maximum Gasteiger partial charge on any atom is 0.192 e. The highest BCUT2D eigenvalue weighted by atomic mass is 28.4. The van der Waals surface area contributed by atoms with E-state index in [2.05, 4.69) is 165 Å². The second-order valence-electron chi connectivity index (χ2n) is 31.7. The van der Waals surface area contributed by atoms with Crippen LogP contribution in [0.4, 0.5) is 0 Å². The first-order valence-electron chi connectivity index (χ1n) is 30.8. The van der Waals surface area contributed by atoms with Crippen molar-refractivity contribution in [2.45, 2.75) is 284 Å². The van der Waals surface area contributed by atoms with Crippen molar-refractivity contribution in [1.29, 1.82) is 0 Å². The average Bonchev–Trinajstić information content (AvgIpc) is 4.20. The van der Waals surface area contributed by atoms with Gasteiger partial charge in [-0.05, 0) is 205 Å². The molecule has 3 N–H and O–H groups in total. The van der Waals surface area contributed by atoms with Gasteiger partial charge < -0.3 is 33.6 Å². The van der Waals surface area contributed by atoms with Gasteiger partial charge in [0.2, 0.25) is 0 Å². The van der Waals surface area contributed by atoms with Crippen molar-refractivity contribution >= 4 is 16.6 Å². The highest BCUT2D eigenvalue weighted by Crippen LogP contribution is 2.61. The smallest absolute Gasteiger partial charge is 0.192 e. The molecule has 2 saturated heterocycles. The van der Waals surface area contributed by atoms with Gasteiger partial charge >= 0.3 is 0 Å². The van der Waals surface area contributed by atoms with Crippen LogP contribution in [0.5, 0.6) is 0 Å². The number of hydrogen-bond acceptors (Lipinski definition) is 7. The Bertz CT molecular complexity index is 2140. The molecule has 6 saturated carbocycles. The second kappa shape index (κ2) is 22.7. The number of fused-ring (bicyclic) bond motifs is 2. The fourth-order valence-corrected chi connectivity index (χ4v) is 17.7. The molecule has 8 rings (SSSR count). The first-order chi connectivity index (χ1) is 35.0. The van der Waals surface area contributed by atoms with Crippen molar-refractivity contribution in [3.05, 3.63) is 70.9 Å². The van der Waals surface area contributed by atoms with E-state index in [1.54, 1.807) is 11.1 Å². The van der Waals surface area contributed by atoms with Gasteiger partial charge in [-0.1, -0.05) is 161 Å². The molecule has 76 heavy (non-hydrogen) atoms. The quantitative estimate of drug-likeness (QED) is 0.0959. The van der Waals surface area contributed by atoms with E-state index in [4.69, 9.17) is 18.3 Å². The maximum absolute atomic E-state index is 10.4. The Balaban J connectivity index is 0.000000236. The van der Waals surface area contributed by atoms with Crippen molar-refractivity contribution in [3.8, 4) is 0 Å². The highest BCUT2D eigenvalue weighted by molar-refractivity contribution is 6.74. The highest BCUT2D eigenvalue weighted by Gasteiger charge is 2.64. The van der Waals surface area contributed by atoms with Crippen LogP contribution in [0.1, 0.15) is 207 Å². The van der Waals surface area contributed by atoms with Crippen molar-refractivity contribution in [1.82, 2.24) is 0 Å². The topological polar surface area (TPSA) is 104 Å². The molecule has 2 spiro atoms. The summed E-state index contributed by atoms with van der Waals surface area (Å²) >= 11 is 0. The molecule has 7 nitrogen and oxygen atoms in total. The minimum atomic E-state index is -1.99. The van der Waals surface area contributed by atoms with E-state index in [-0.39, 0.29) is 27.9 Å². The number of hydrogen-bond donors (Lipinski definition) is 3. The Kier molecular flexibility index (Phi) is 18.6. The van der Waals surface area contributed by atoms with Crippen LogP contribution in [0.25, 0.3) is 0 Å². The van der Waals surface area contributed by atoms with Gasteiger partial charge in [0.1, 0.15) is 11.2 Å². The lowest BCUT2D eigenvalue weighted by Gasteiger charge is -2.48. The van der Waals surface area contributed by atoms with E-state index in [1.807, 2.05) is 13.8 Å². The second-order valence-corrected chi connectivity index (χ2v) is 41.3. The first kappa shape index (κ1) is 62.2. The summed E-state index contributed by atoms with van der Waals surface area (Å²) in [5, 5.41) is 31.2. The van der Waals surface area contributed by atoms with E-state index in [0.29, 0.717) is 71.7 Å². The summed E-state index contributed by atoms with van der Waals surface area (Å²) in [6.07, 6.45) is 35.9. The van der Waals surface area contributed by atoms with Crippen LogP contribution in [0.2, 0.25) is 36.3 Å². The van der Waals surface area contributed by atoms with Gasteiger partial charge in [0.15, 0.2) is 16.6 Å². The zero-order chi connectivity index (χ0) is 56.3. The van der Waals surface area contributed by atoms with Crippen molar-refractivity contribution in [2.24, 2.45) is 51.8 Å². The lowest BCUT2D eigenvalue weighted by Crippen LogP contribution is -2.57. The Morgan fingerprint density at radius 3 is 1.32 bits per heavy atom. The summed E-state index contributed by atoms with van der Waals surface area (Å²) in [6.45, 7) is 45.6. The molecule has 9 heteroatoms. The molecule has 0 aromatic heterocycles. The zero-order valence-corrected chi connectivity index (χ0v) is 54.1. The number of aliphatic hydroxyl groups is 3. The molecule has 6 unspecified atom stereocenters. The van der Waals surface area contributed by atoms with Crippen LogP contribution in [-0.2, 0) is 18.3 Å². The Morgan fingerprint density at radius 1 is 0.579 bits per heavy atom. The molecule has 432 valence electrons. The lowest BCUT2D eigenvalue weighted by atomic mass is 9.61. The number of aliphatic hydroxyl groups excluding tert-OH is 2. The third-order valence-electron chi connectivity index (χ3n) is 22.1. The van der Waals surface area contributed by atoms with E-state index in [0.717, 1.165) is 43.8 Å². The molecule has 0 amide bonds. The van der Waals surface area contributed by atoms with Crippen LogP contribution in [0, 0.1) is 51.8 Å². The fourth-order valence-electron chi connectivity index (χ4n) is 15.0. The summed E-state index contributed by atoms with van der Waals surface area (Å²) in [7, 11) is -3.98. The van der Waals surface area contributed by atoms with Gasteiger partial charge in [0.25, 0.3) is 0 Å². The Morgan fingerprint density at radius 2 is 0.961 bits per heavy atom. The fraction of sp³-hybridized carbons (Fsp3) is 0.821. The lowest BCUT2D eigenvalue weighted by molar-refractivity contribution is -0.0292. The number of rotatable bonds is 13. The summed E-state index contributed by atoms with van der Waals surface area (Å²) in [6, 6.07) is 0. The molecular weight excluding hydrogens is 973 g/mol.